The van der Waals surface area contributed by atoms with Crippen LogP contribution in [0, 0.1) is 12.8 Å². The first kappa shape index (κ1) is 17.3. The molecule has 3 aromatic heterocycles. The Kier molecular flexibility index (Phi) is 4.39. The van der Waals surface area contributed by atoms with Crippen LogP contribution in [0.15, 0.2) is 35.0 Å². The molecule has 0 saturated carbocycles. The Hall–Kier alpha value is -3.16. The summed E-state index contributed by atoms with van der Waals surface area (Å²) in [6, 6.07) is 7.04. The van der Waals surface area contributed by atoms with Gasteiger partial charge in [0.05, 0.1) is 5.52 Å². The molecule has 8 heteroatoms. The summed E-state index contributed by atoms with van der Waals surface area (Å²) < 4.78 is 6.60. The van der Waals surface area contributed by atoms with Crippen molar-refractivity contribution in [3.05, 3.63) is 47.7 Å². The van der Waals surface area contributed by atoms with Gasteiger partial charge in [-0.1, -0.05) is 18.1 Å². The third-order valence-electron chi connectivity index (χ3n) is 4.77. The van der Waals surface area contributed by atoms with Gasteiger partial charge in [-0.2, -0.15) is 0 Å². The number of carbonyl (C=O) groups is 2. The molecular weight excluding hydrogens is 346 g/mol. The van der Waals surface area contributed by atoms with Crippen molar-refractivity contribution in [2.45, 2.75) is 26.7 Å². The fraction of sp³-hybridized carbons (Fsp3) is 0.368. The van der Waals surface area contributed by atoms with E-state index in [1.807, 2.05) is 11.0 Å². The Balaban J connectivity index is 1.68. The Bertz CT molecular complexity index is 1010. The lowest BCUT2D eigenvalue weighted by Gasteiger charge is -2.30. The van der Waals surface area contributed by atoms with Crippen LogP contribution in [-0.2, 0) is 0 Å². The first-order valence-electron chi connectivity index (χ1n) is 9.04. The van der Waals surface area contributed by atoms with Gasteiger partial charge in [0.2, 0.25) is 5.82 Å². The van der Waals surface area contributed by atoms with Crippen molar-refractivity contribution in [2.75, 3.05) is 18.4 Å². The van der Waals surface area contributed by atoms with Crippen LogP contribution < -0.4 is 5.32 Å². The molecule has 4 heterocycles. The van der Waals surface area contributed by atoms with Gasteiger partial charge in [-0.25, -0.2) is 4.98 Å². The largest absolute Gasteiger partial charge is 0.360 e. The summed E-state index contributed by atoms with van der Waals surface area (Å²) in [5.41, 5.74) is 0.911. The lowest BCUT2D eigenvalue weighted by atomic mass is 10.00. The minimum absolute atomic E-state index is 0.137. The topological polar surface area (TPSA) is 92.7 Å². The minimum Gasteiger partial charge on any atom is -0.360 e. The molecule has 1 fully saturated rings. The van der Waals surface area contributed by atoms with Crippen molar-refractivity contribution >= 4 is 23.1 Å². The number of nitrogens with zero attached hydrogens (tertiary/aromatic N) is 4. The number of carbonyl (C=O) groups excluding carboxylic acids is 2. The first-order chi connectivity index (χ1) is 13.0. The van der Waals surface area contributed by atoms with E-state index in [0.29, 0.717) is 35.3 Å². The highest BCUT2D eigenvalue weighted by Crippen LogP contribution is 2.21. The van der Waals surface area contributed by atoms with Crippen molar-refractivity contribution in [2.24, 2.45) is 5.92 Å². The number of hydrogen-bond donors (Lipinski definition) is 1. The molecule has 1 atom stereocenters. The molecule has 0 bridgehead atoms. The number of hydrogen-bond acceptors (Lipinski definition) is 5. The van der Waals surface area contributed by atoms with Gasteiger partial charge in [-0.15, -0.1) is 0 Å². The predicted molar refractivity (Wildman–Crippen MR) is 98.7 cm³/mol. The summed E-state index contributed by atoms with van der Waals surface area (Å²) in [7, 11) is 0. The molecule has 0 radical (unpaired) electrons. The fourth-order valence-electron chi connectivity index (χ4n) is 3.48. The number of aryl methyl sites for hydroxylation is 1. The molecule has 3 aromatic rings. The van der Waals surface area contributed by atoms with Gasteiger partial charge >= 0.3 is 0 Å². The number of aromatic nitrogens is 3. The number of rotatable bonds is 3. The smallest absolute Gasteiger partial charge is 0.293 e. The van der Waals surface area contributed by atoms with Crippen LogP contribution in [0.5, 0.6) is 0 Å². The monoisotopic (exact) mass is 367 g/mol. The number of amides is 2. The molecule has 4 rings (SSSR count). The van der Waals surface area contributed by atoms with Gasteiger partial charge in [0.25, 0.3) is 11.8 Å². The fourth-order valence-corrected chi connectivity index (χ4v) is 3.48. The van der Waals surface area contributed by atoms with Crippen LogP contribution in [0.3, 0.4) is 0 Å². The number of piperidine rings is 1. The highest BCUT2D eigenvalue weighted by atomic mass is 16.5. The molecule has 1 aliphatic rings. The van der Waals surface area contributed by atoms with E-state index in [1.165, 1.54) is 0 Å². The van der Waals surface area contributed by atoms with Gasteiger partial charge in [-0.05, 0) is 37.8 Å². The Morgan fingerprint density at radius 2 is 2.19 bits per heavy atom. The van der Waals surface area contributed by atoms with Crippen LogP contribution in [0.4, 0.5) is 5.82 Å². The van der Waals surface area contributed by atoms with Gasteiger partial charge in [0.1, 0.15) is 5.76 Å². The Labute approximate surface area is 156 Å². The maximum absolute atomic E-state index is 13.0. The second-order valence-electron chi connectivity index (χ2n) is 7.02. The molecule has 1 saturated heterocycles. The molecule has 1 aliphatic heterocycles. The zero-order valence-corrected chi connectivity index (χ0v) is 15.3. The molecule has 2 amide bonds. The number of pyridine rings is 1. The van der Waals surface area contributed by atoms with E-state index in [-0.39, 0.29) is 11.7 Å². The molecule has 0 spiro atoms. The van der Waals surface area contributed by atoms with Crippen molar-refractivity contribution in [1.29, 1.82) is 0 Å². The van der Waals surface area contributed by atoms with Gasteiger partial charge < -0.3 is 14.7 Å². The molecule has 0 aromatic carbocycles. The van der Waals surface area contributed by atoms with Gasteiger partial charge in [0.15, 0.2) is 11.5 Å². The lowest BCUT2D eigenvalue weighted by Crippen LogP contribution is -2.39. The van der Waals surface area contributed by atoms with Gasteiger partial charge in [-0.3, -0.25) is 14.0 Å². The molecule has 1 unspecified atom stereocenters. The number of fused-ring (bicyclic) bond motifs is 1. The van der Waals surface area contributed by atoms with E-state index >= 15 is 0 Å². The van der Waals surface area contributed by atoms with E-state index < -0.39 is 5.91 Å². The molecule has 0 aliphatic carbocycles. The molecule has 8 nitrogen and oxygen atoms in total. The summed E-state index contributed by atoms with van der Waals surface area (Å²) in [4.78, 5) is 32.0. The number of nitrogens with one attached hydrogen (secondary N) is 1. The van der Waals surface area contributed by atoms with Crippen LogP contribution in [0.2, 0.25) is 0 Å². The number of anilines is 1. The number of imidazole rings is 1. The predicted octanol–water partition coefficient (Wildman–Crippen LogP) is 2.76. The van der Waals surface area contributed by atoms with E-state index in [1.54, 1.807) is 35.7 Å². The van der Waals surface area contributed by atoms with Crippen LogP contribution in [0.25, 0.3) is 5.52 Å². The SMILES string of the molecule is Cc1cc(NC(=O)c2nc(C(=O)N3CCCC(C)C3)c3ccccn23)no1. The summed E-state index contributed by atoms with van der Waals surface area (Å²) in [5, 5.41) is 6.42. The third kappa shape index (κ3) is 3.30. The molecule has 27 heavy (non-hydrogen) atoms. The highest BCUT2D eigenvalue weighted by Gasteiger charge is 2.28. The van der Waals surface area contributed by atoms with E-state index in [9.17, 15) is 9.59 Å². The quantitative estimate of drug-likeness (QED) is 0.768. The van der Waals surface area contributed by atoms with Crippen molar-refractivity contribution in [3.63, 3.8) is 0 Å². The third-order valence-corrected chi connectivity index (χ3v) is 4.77. The zero-order valence-electron chi connectivity index (χ0n) is 15.3. The van der Waals surface area contributed by atoms with Crippen LogP contribution in [0.1, 0.15) is 46.6 Å². The normalized spacial score (nSPS) is 17.3. The van der Waals surface area contributed by atoms with Crippen LogP contribution >= 0.6 is 0 Å². The second kappa shape index (κ2) is 6.86. The van der Waals surface area contributed by atoms with Crippen LogP contribution in [-0.4, -0.2) is 44.3 Å². The molecule has 1 N–H and O–H groups in total. The summed E-state index contributed by atoms with van der Waals surface area (Å²) in [6.07, 6.45) is 3.83. The summed E-state index contributed by atoms with van der Waals surface area (Å²) in [6.45, 7) is 5.31. The van der Waals surface area contributed by atoms with E-state index in [0.717, 1.165) is 19.4 Å². The number of likely N-dealkylation sites (tertiary alicyclic amines) is 1. The van der Waals surface area contributed by atoms with E-state index in [2.05, 4.69) is 22.4 Å². The van der Waals surface area contributed by atoms with E-state index in [4.69, 9.17) is 4.52 Å². The summed E-state index contributed by atoms with van der Waals surface area (Å²) in [5.74, 6) is 0.919. The maximum atomic E-state index is 13.0. The van der Waals surface area contributed by atoms with Crippen molar-refractivity contribution in [1.82, 2.24) is 19.4 Å². The summed E-state index contributed by atoms with van der Waals surface area (Å²) >= 11 is 0. The molecular formula is C19H21N5O3. The lowest BCUT2D eigenvalue weighted by molar-refractivity contribution is 0.0679. The first-order valence-corrected chi connectivity index (χ1v) is 9.04. The Morgan fingerprint density at radius 1 is 1.33 bits per heavy atom. The average Bonchev–Trinajstić information content (AvgIpc) is 3.24. The van der Waals surface area contributed by atoms with Gasteiger partial charge in [0, 0.05) is 25.4 Å². The van der Waals surface area contributed by atoms with Crippen molar-refractivity contribution < 1.29 is 14.1 Å². The van der Waals surface area contributed by atoms with Crippen molar-refractivity contribution in [3.8, 4) is 0 Å². The average molecular weight is 367 g/mol. The molecule has 140 valence electrons. The standard InChI is InChI=1S/C19H21N5O3/c1-12-6-5-8-23(11-12)19(26)16-14-7-3-4-9-24(14)17(21-16)18(25)20-15-10-13(2)27-22-15/h3-4,7,9-10,12H,5-6,8,11H2,1-2H3,(H,20,22,25). The maximum Gasteiger partial charge on any atom is 0.293 e. The zero-order chi connectivity index (χ0) is 19.0. The second-order valence-corrected chi connectivity index (χ2v) is 7.02. The Morgan fingerprint density at radius 3 is 2.93 bits per heavy atom. The highest BCUT2D eigenvalue weighted by molar-refractivity contribution is 6.05. The minimum atomic E-state index is -0.449.